The number of imidazole rings is 1. The van der Waals surface area contributed by atoms with Crippen LogP contribution in [0.4, 0.5) is 0 Å². The summed E-state index contributed by atoms with van der Waals surface area (Å²) in [6.07, 6.45) is 10.4. The van der Waals surface area contributed by atoms with E-state index < -0.39 is 0 Å². The molecular formula is C25H21N3O. The minimum absolute atomic E-state index is 0.196. The molecule has 4 aromatic rings. The molecule has 2 aromatic heterocycles. The van der Waals surface area contributed by atoms with Crippen LogP contribution in [0.5, 0.6) is 5.88 Å². The van der Waals surface area contributed by atoms with Gasteiger partial charge in [-0.25, -0.2) is 9.97 Å². The molecule has 0 amide bonds. The maximum absolute atomic E-state index is 10.9. The number of aromatic hydroxyl groups is 1. The van der Waals surface area contributed by atoms with E-state index in [4.69, 9.17) is 9.97 Å². The highest BCUT2D eigenvalue weighted by atomic mass is 16.3. The van der Waals surface area contributed by atoms with Gasteiger partial charge in [0.15, 0.2) is 5.65 Å². The van der Waals surface area contributed by atoms with Gasteiger partial charge in [-0.05, 0) is 12.0 Å². The van der Waals surface area contributed by atoms with Crippen molar-refractivity contribution in [3.05, 3.63) is 108 Å². The quantitative estimate of drug-likeness (QED) is 0.523. The zero-order valence-electron chi connectivity index (χ0n) is 16.0. The average molecular weight is 379 g/mol. The smallest absolute Gasteiger partial charge is 0.219 e. The molecule has 0 unspecified atom stereocenters. The minimum atomic E-state index is 0.196. The van der Waals surface area contributed by atoms with E-state index in [9.17, 15) is 5.11 Å². The van der Waals surface area contributed by atoms with Crippen LogP contribution >= 0.6 is 0 Å². The highest BCUT2D eigenvalue weighted by Crippen LogP contribution is 2.29. The maximum atomic E-state index is 10.9. The molecule has 5 rings (SSSR count). The van der Waals surface area contributed by atoms with E-state index in [0.717, 1.165) is 23.4 Å². The Hall–Kier alpha value is -3.66. The Morgan fingerprint density at radius 3 is 2.34 bits per heavy atom. The Bertz CT molecular complexity index is 1220. The molecule has 0 fully saturated rings. The van der Waals surface area contributed by atoms with Crippen molar-refractivity contribution in [1.29, 1.82) is 0 Å². The van der Waals surface area contributed by atoms with Crippen molar-refractivity contribution in [3.63, 3.8) is 0 Å². The van der Waals surface area contributed by atoms with Crippen LogP contribution in [0.2, 0.25) is 0 Å². The van der Waals surface area contributed by atoms with Gasteiger partial charge in [0.2, 0.25) is 5.88 Å². The molecule has 0 radical (unpaired) electrons. The highest BCUT2D eigenvalue weighted by molar-refractivity contribution is 5.63. The topological polar surface area (TPSA) is 50.4 Å². The lowest BCUT2D eigenvalue weighted by molar-refractivity contribution is 0.442. The first-order chi connectivity index (χ1) is 14.3. The molecule has 4 heteroatoms. The van der Waals surface area contributed by atoms with Gasteiger partial charge in [-0.15, -0.1) is 0 Å². The normalized spacial score (nSPS) is 13.2. The van der Waals surface area contributed by atoms with E-state index in [1.54, 1.807) is 4.40 Å². The van der Waals surface area contributed by atoms with Crippen molar-refractivity contribution in [2.24, 2.45) is 0 Å². The van der Waals surface area contributed by atoms with Crippen LogP contribution in [0.1, 0.15) is 23.4 Å². The number of hydrogen-bond donors (Lipinski definition) is 1. The molecule has 142 valence electrons. The fourth-order valence-electron chi connectivity index (χ4n) is 3.76. The molecule has 1 aliphatic rings. The largest absolute Gasteiger partial charge is 0.493 e. The van der Waals surface area contributed by atoms with Crippen molar-refractivity contribution in [2.75, 3.05) is 0 Å². The van der Waals surface area contributed by atoms with Crippen molar-refractivity contribution in [3.8, 4) is 17.1 Å². The Balaban J connectivity index is 1.65. The number of fused-ring (bicyclic) bond motifs is 1. The zero-order valence-corrected chi connectivity index (χ0v) is 16.0. The molecule has 4 nitrogen and oxygen atoms in total. The lowest BCUT2D eigenvalue weighted by Gasteiger charge is -2.08. The van der Waals surface area contributed by atoms with E-state index in [1.165, 1.54) is 11.1 Å². The van der Waals surface area contributed by atoms with Gasteiger partial charge < -0.3 is 5.11 Å². The summed E-state index contributed by atoms with van der Waals surface area (Å²) in [5, 5.41) is 10.9. The average Bonchev–Trinajstić information content (AvgIpc) is 3.38. The van der Waals surface area contributed by atoms with Crippen LogP contribution in [0.3, 0.4) is 0 Å². The standard InChI is InChI=1S/C25H21N3O/c29-25-22(16-19-11-7-8-12-19)27-24-21(15-18-9-3-1-4-10-18)26-23(17-28(24)25)20-13-5-2-6-14-20/h1-11,13-14,17,29H,12,15-16H2. The number of benzene rings is 2. The molecule has 1 aliphatic carbocycles. The van der Waals surface area contributed by atoms with Crippen LogP contribution < -0.4 is 0 Å². The molecule has 0 atom stereocenters. The van der Waals surface area contributed by atoms with Gasteiger partial charge in [-0.2, -0.15) is 0 Å². The molecule has 0 aliphatic heterocycles. The van der Waals surface area contributed by atoms with Gasteiger partial charge in [0, 0.05) is 24.6 Å². The van der Waals surface area contributed by atoms with Gasteiger partial charge in [-0.3, -0.25) is 4.40 Å². The van der Waals surface area contributed by atoms with Crippen molar-refractivity contribution in [2.45, 2.75) is 19.3 Å². The first-order valence-electron chi connectivity index (χ1n) is 9.81. The maximum Gasteiger partial charge on any atom is 0.219 e. The third-order valence-electron chi connectivity index (χ3n) is 5.25. The summed E-state index contributed by atoms with van der Waals surface area (Å²) in [4.78, 5) is 9.72. The number of nitrogens with zero attached hydrogens (tertiary/aromatic N) is 3. The third-order valence-corrected chi connectivity index (χ3v) is 5.25. The molecule has 0 saturated carbocycles. The van der Waals surface area contributed by atoms with E-state index in [1.807, 2.05) is 54.7 Å². The van der Waals surface area contributed by atoms with Gasteiger partial charge in [0.1, 0.15) is 5.69 Å². The van der Waals surface area contributed by atoms with Crippen LogP contribution in [0.25, 0.3) is 16.9 Å². The van der Waals surface area contributed by atoms with Gasteiger partial charge in [0.05, 0.1) is 11.4 Å². The molecule has 2 aromatic carbocycles. The second-order valence-corrected chi connectivity index (χ2v) is 7.31. The van der Waals surface area contributed by atoms with Crippen LogP contribution in [-0.4, -0.2) is 19.5 Å². The monoisotopic (exact) mass is 379 g/mol. The predicted octanol–water partition coefficient (Wildman–Crippen LogP) is 5.12. The summed E-state index contributed by atoms with van der Waals surface area (Å²) in [5.41, 5.74) is 6.53. The van der Waals surface area contributed by atoms with Crippen LogP contribution in [-0.2, 0) is 12.8 Å². The second-order valence-electron chi connectivity index (χ2n) is 7.31. The second kappa shape index (κ2) is 7.40. The summed E-state index contributed by atoms with van der Waals surface area (Å²) in [6.45, 7) is 0. The molecular weight excluding hydrogens is 358 g/mol. The summed E-state index contributed by atoms with van der Waals surface area (Å²) in [6, 6.07) is 20.3. The highest BCUT2D eigenvalue weighted by Gasteiger charge is 2.18. The molecule has 0 spiro atoms. The summed E-state index contributed by atoms with van der Waals surface area (Å²) < 4.78 is 1.78. The van der Waals surface area contributed by atoms with E-state index in [2.05, 4.69) is 30.4 Å². The van der Waals surface area contributed by atoms with Gasteiger partial charge in [-0.1, -0.05) is 84.5 Å². The molecule has 1 N–H and O–H groups in total. The minimum Gasteiger partial charge on any atom is -0.493 e. The Kier molecular flexibility index (Phi) is 4.45. The zero-order chi connectivity index (χ0) is 19.6. The number of hydrogen-bond acceptors (Lipinski definition) is 3. The van der Waals surface area contributed by atoms with Crippen LogP contribution in [0.15, 0.2) is 90.7 Å². The SMILES string of the molecule is Oc1c(CC2=CC=CC2)nc2c(Cc3ccccc3)nc(-c3ccccc3)cn12. The molecule has 29 heavy (non-hydrogen) atoms. The Labute approximate surface area is 169 Å². The Morgan fingerprint density at radius 1 is 0.862 bits per heavy atom. The predicted molar refractivity (Wildman–Crippen MR) is 115 cm³/mol. The first kappa shape index (κ1) is 17.4. The van der Waals surface area contributed by atoms with Gasteiger partial charge >= 0.3 is 0 Å². The fourth-order valence-corrected chi connectivity index (χ4v) is 3.76. The summed E-state index contributed by atoms with van der Waals surface area (Å²) >= 11 is 0. The summed E-state index contributed by atoms with van der Waals surface area (Å²) in [7, 11) is 0. The molecule has 0 saturated heterocycles. The van der Waals surface area contributed by atoms with E-state index >= 15 is 0 Å². The van der Waals surface area contributed by atoms with E-state index in [-0.39, 0.29) is 5.88 Å². The summed E-state index contributed by atoms with van der Waals surface area (Å²) in [5.74, 6) is 0.196. The fraction of sp³-hybridized carbons (Fsp3) is 0.120. The number of allylic oxidation sites excluding steroid dienone is 4. The van der Waals surface area contributed by atoms with Crippen LogP contribution in [0, 0.1) is 0 Å². The lowest BCUT2D eigenvalue weighted by atomic mass is 10.1. The molecule has 0 bridgehead atoms. The number of aromatic nitrogens is 3. The number of rotatable bonds is 5. The van der Waals surface area contributed by atoms with Gasteiger partial charge in [0.25, 0.3) is 0 Å². The molecule has 2 heterocycles. The van der Waals surface area contributed by atoms with E-state index in [0.29, 0.717) is 24.2 Å². The first-order valence-corrected chi connectivity index (χ1v) is 9.81. The Morgan fingerprint density at radius 2 is 1.62 bits per heavy atom. The van der Waals surface area contributed by atoms with Crippen molar-refractivity contribution in [1.82, 2.24) is 14.4 Å². The van der Waals surface area contributed by atoms with Crippen molar-refractivity contribution < 1.29 is 5.11 Å². The third kappa shape index (κ3) is 3.45. The van der Waals surface area contributed by atoms with Crippen molar-refractivity contribution >= 4 is 5.65 Å². The lowest BCUT2D eigenvalue weighted by Crippen LogP contribution is -2.00.